The van der Waals surface area contributed by atoms with Crippen LogP contribution in [0.3, 0.4) is 0 Å². The summed E-state index contributed by atoms with van der Waals surface area (Å²) in [4.78, 5) is 0. The first-order chi connectivity index (χ1) is 14.9. The van der Waals surface area contributed by atoms with E-state index in [9.17, 15) is 0 Å². The highest BCUT2D eigenvalue weighted by atomic mass is 16.5. The molecule has 0 N–H and O–H groups in total. The first-order valence-electron chi connectivity index (χ1n) is 10.7. The zero-order chi connectivity index (χ0) is 23.0. The molecule has 0 fully saturated rings. The molecule has 31 heavy (non-hydrogen) atoms. The molecule has 2 heteroatoms. The Balaban J connectivity index is 2.75. The van der Waals surface area contributed by atoms with Crippen LogP contribution in [0.2, 0.25) is 0 Å². The van der Waals surface area contributed by atoms with E-state index in [1.807, 2.05) is 24.3 Å². The zero-order valence-corrected chi connectivity index (χ0v) is 19.6. The summed E-state index contributed by atoms with van der Waals surface area (Å²) in [6, 6.07) is 8.99. The highest BCUT2D eigenvalue weighted by Crippen LogP contribution is 2.40. The Hall–Kier alpha value is -3.00. The Labute approximate surface area is 188 Å². The van der Waals surface area contributed by atoms with Gasteiger partial charge in [0.05, 0.1) is 14.2 Å². The third-order valence-electron chi connectivity index (χ3n) is 5.79. The Morgan fingerprint density at radius 2 is 0.871 bits per heavy atom. The maximum Gasteiger partial charge on any atom is 0.125 e. The topological polar surface area (TPSA) is 18.5 Å². The fraction of sp³-hybridized carbons (Fsp3) is 0.310. The molecule has 2 nitrogen and oxygen atoms in total. The van der Waals surface area contributed by atoms with E-state index in [0.717, 1.165) is 59.4 Å². The number of hydrogen-bond acceptors (Lipinski definition) is 2. The van der Waals surface area contributed by atoms with Gasteiger partial charge >= 0.3 is 0 Å². The average Bonchev–Trinajstić information content (AvgIpc) is 2.74. The molecule has 0 unspecified atom stereocenters. The van der Waals surface area contributed by atoms with Crippen molar-refractivity contribution in [2.24, 2.45) is 0 Å². The van der Waals surface area contributed by atoms with E-state index in [1.54, 1.807) is 14.2 Å². The maximum absolute atomic E-state index is 5.75. The third-order valence-corrected chi connectivity index (χ3v) is 5.79. The van der Waals surface area contributed by atoms with Crippen molar-refractivity contribution in [1.29, 1.82) is 0 Å². The highest BCUT2D eigenvalue weighted by Gasteiger charge is 2.27. The van der Waals surface area contributed by atoms with Crippen molar-refractivity contribution >= 4 is 0 Å². The van der Waals surface area contributed by atoms with Gasteiger partial charge in [0, 0.05) is 5.41 Å². The lowest BCUT2D eigenvalue weighted by molar-refractivity contribution is 0.405. The van der Waals surface area contributed by atoms with Gasteiger partial charge in [-0.3, -0.25) is 0 Å². The van der Waals surface area contributed by atoms with Gasteiger partial charge < -0.3 is 9.47 Å². The summed E-state index contributed by atoms with van der Waals surface area (Å²) in [5.74, 6) is 1.85. The van der Waals surface area contributed by atoms with Gasteiger partial charge in [-0.15, -0.1) is 26.3 Å². The Kier molecular flexibility index (Phi) is 8.50. The zero-order valence-electron chi connectivity index (χ0n) is 19.6. The second-order valence-corrected chi connectivity index (χ2v) is 8.25. The molecule has 0 atom stereocenters. The summed E-state index contributed by atoms with van der Waals surface area (Å²) >= 11 is 0. The number of rotatable bonds is 12. The Morgan fingerprint density at radius 3 is 1.06 bits per heavy atom. The third kappa shape index (κ3) is 5.19. The number of allylic oxidation sites excluding steroid dienone is 4. The summed E-state index contributed by atoms with van der Waals surface area (Å²) < 4.78 is 11.5. The molecule has 0 aliphatic heterocycles. The maximum atomic E-state index is 5.75. The van der Waals surface area contributed by atoms with Crippen molar-refractivity contribution in [3.63, 3.8) is 0 Å². The van der Waals surface area contributed by atoms with Crippen molar-refractivity contribution in [1.82, 2.24) is 0 Å². The SMILES string of the molecule is C=CCc1cc(C(C)(C)c2cc(CC=C)c(OC)c(CC=C)c2)cc(CC=C)c1OC. The first kappa shape index (κ1) is 24.3. The van der Waals surface area contributed by atoms with Gasteiger partial charge in [0.2, 0.25) is 0 Å². The van der Waals surface area contributed by atoms with Gasteiger partial charge in [0.1, 0.15) is 11.5 Å². The van der Waals surface area contributed by atoms with Gasteiger partial charge in [-0.2, -0.15) is 0 Å². The van der Waals surface area contributed by atoms with E-state index in [0.29, 0.717) is 0 Å². The minimum atomic E-state index is -0.226. The molecule has 0 aliphatic carbocycles. The van der Waals surface area contributed by atoms with Crippen LogP contribution in [0.4, 0.5) is 0 Å². The number of benzene rings is 2. The molecule has 0 amide bonds. The second-order valence-electron chi connectivity index (χ2n) is 8.25. The molecule has 2 aromatic carbocycles. The lowest BCUT2D eigenvalue weighted by Crippen LogP contribution is -2.21. The quantitative estimate of drug-likeness (QED) is 0.349. The molecule has 0 saturated carbocycles. The standard InChI is InChI=1S/C29H36O2/c1-9-13-21-17-25(18-22(14-10-2)27(21)30-7)29(5,6)26-19-23(15-11-3)28(31-8)24(20-26)16-12-4/h9-12,17-20H,1-4,13-16H2,5-8H3. The molecule has 164 valence electrons. The molecule has 0 aliphatic rings. The molecule has 0 spiro atoms. The van der Waals surface area contributed by atoms with Crippen LogP contribution in [0.1, 0.15) is 47.2 Å². The van der Waals surface area contributed by atoms with Gasteiger partial charge in [-0.25, -0.2) is 0 Å². The van der Waals surface area contributed by atoms with Crippen LogP contribution >= 0.6 is 0 Å². The number of hydrogen-bond donors (Lipinski definition) is 0. The van der Waals surface area contributed by atoms with Crippen molar-refractivity contribution in [3.8, 4) is 11.5 Å². The largest absolute Gasteiger partial charge is 0.496 e. The van der Waals surface area contributed by atoms with E-state index in [4.69, 9.17) is 9.47 Å². The molecule has 0 saturated heterocycles. The fourth-order valence-corrected chi connectivity index (χ4v) is 4.15. The second kappa shape index (κ2) is 10.9. The van der Waals surface area contributed by atoms with Crippen molar-refractivity contribution in [2.75, 3.05) is 14.2 Å². The Morgan fingerprint density at radius 1 is 0.613 bits per heavy atom. The summed E-state index contributed by atoms with van der Waals surface area (Å²) in [6.45, 7) is 20.3. The van der Waals surface area contributed by atoms with Crippen LogP contribution in [-0.4, -0.2) is 14.2 Å². The predicted molar refractivity (Wildman–Crippen MR) is 134 cm³/mol. The molecule has 0 radical (unpaired) electrons. The van der Waals surface area contributed by atoms with Crippen LogP contribution < -0.4 is 9.47 Å². The van der Waals surface area contributed by atoms with Crippen molar-refractivity contribution < 1.29 is 9.47 Å². The van der Waals surface area contributed by atoms with Gasteiger partial charge in [-0.05, 0) is 59.1 Å². The summed E-state index contributed by atoms with van der Waals surface area (Å²) in [5, 5.41) is 0. The van der Waals surface area contributed by atoms with E-state index in [1.165, 1.54) is 11.1 Å². The lowest BCUT2D eigenvalue weighted by atomic mass is 9.75. The van der Waals surface area contributed by atoms with Crippen LogP contribution in [-0.2, 0) is 31.1 Å². The van der Waals surface area contributed by atoms with Crippen LogP contribution in [0.15, 0.2) is 74.9 Å². The number of methoxy groups -OCH3 is 2. The molecule has 0 aromatic heterocycles. The summed E-state index contributed by atoms with van der Waals surface area (Å²) in [5.41, 5.74) is 6.83. The van der Waals surface area contributed by atoms with Gasteiger partial charge in [0.15, 0.2) is 0 Å². The van der Waals surface area contributed by atoms with Crippen LogP contribution in [0, 0.1) is 0 Å². The highest BCUT2D eigenvalue weighted by molar-refractivity contribution is 5.54. The van der Waals surface area contributed by atoms with E-state index in [2.05, 4.69) is 64.4 Å². The van der Waals surface area contributed by atoms with E-state index >= 15 is 0 Å². The summed E-state index contributed by atoms with van der Waals surface area (Å²) in [6.07, 6.45) is 10.7. The Bertz CT molecular complexity index is 823. The molecular formula is C29H36O2. The molecule has 0 heterocycles. The molecular weight excluding hydrogens is 380 g/mol. The van der Waals surface area contributed by atoms with Gasteiger partial charge in [0.25, 0.3) is 0 Å². The van der Waals surface area contributed by atoms with Crippen LogP contribution in [0.25, 0.3) is 0 Å². The fourth-order valence-electron chi connectivity index (χ4n) is 4.15. The molecule has 0 bridgehead atoms. The van der Waals surface area contributed by atoms with E-state index < -0.39 is 0 Å². The molecule has 2 rings (SSSR count). The van der Waals surface area contributed by atoms with Crippen molar-refractivity contribution in [2.45, 2.75) is 44.9 Å². The van der Waals surface area contributed by atoms with Crippen LogP contribution in [0.5, 0.6) is 11.5 Å². The average molecular weight is 417 g/mol. The first-order valence-corrected chi connectivity index (χ1v) is 10.7. The van der Waals surface area contributed by atoms with E-state index in [-0.39, 0.29) is 5.41 Å². The number of ether oxygens (including phenoxy) is 2. The van der Waals surface area contributed by atoms with Crippen molar-refractivity contribution in [3.05, 3.63) is 108 Å². The monoisotopic (exact) mass is 416 g/mol. The predicted octanol–water partition coefficient (Wildman–Crippen LogP) is 6.94. The molecule has 2 aromatic rings. The summed E-state index contributed by atoms with van der Waals surface area (Å²) in [7, 11) is 3.46. The minimum Gasteiger partial charge on any atom is -0.496 e. The van der Waals surface area contributed by atoms with Gasteiger partial charge in [-0.1, -0.05) is 62.4 Å². The smallest absolute Gasteiger partial charge is 0.125 e. The normalized spacial score (nSPS) is 11.0. The lowest BCUT2D eigenvalue weighted by Gasteiger charge is -2.30. The minimum absolute atomic E-state index is 0.226.